The van der Waals surface area contributed by atoms with Gasteiger partial charge < -0.3 is 14.3 Å². The minimum absolute atomic E-state index is 0.479. The molecule has 86 valence electrons. The Balaban J connectivity index is 2.23. The van der Waals surface area contributed by atoms with Crippen molar-refractivity contribution in [2.45, 2.75) is 0 Å². The molecule has 0 saturated heterocycles. The van der Waals surface area contributed by atoms with Crippen LogP contribution in [0.4, 0.5) is 0 Å². The molecule has 1 aromatic carbocycles. The van der Waals surface area contributed by atoms with Crippen molar-refractivity contribution < 1.29 is 14.3 Å². The van der Waals surface area contributed by atoms with Crippen molar-refractivity contribution in [2.75, 3.05) is 0 Å². The van der Waals surface area contributed by atoms with Gasteiger partial charge in [-0.3, -0.25) is 0 Å². The summed E-state index contributed by atoms with van der Waals surface area (Å²) in [5, 5.41) is 10.2. The summed E-state index contributed by atoms with van der Waals surface area (Å²) >= 11 is 3.35. The molecule has 4 heteroatoms. The fourth-order valence-corrected chi connectivity index (χ4v) is 1.63. The van der Waals surface area contributed by atoms with Crippen molar-refractivity contribution >= 4 is 28.0 Å². The van der Waals surface area contributed by atoms with Gasteiger partial charge in [0, 0.05) is 10.0 Å². The zero-order valence-corrected chi connectivity index (χ0v) is 10.3. The summed E-state index contributed by atoms with van der Waals surface area (Å²) in [5.74, 6) is -0.0748. The Hall–Kier alpha value is -1.81. The number of hydrogen-bond donors (Lipinski definition) is 0. The first-order valence-corrected chi connectivity index (χ1v) is 5.69. The van der Waals surface area contributed by atoms with Gasteiger partial charge in [0.2, 0.25) is 0 Å². The molecule has 0 aliphatic heterocycles. The Kier molecular flexibility index (Phi) is 3.44. The highest BCUT2D eigenvalue weighted by molar-refractivity contribution is 9.10. The lowest BCUT2D eigenvalue weighted by molar-refractivity contribution is -0.297. The third kappa shape index (κ3) is 3.07. The molecule has 0 spiro atoms. The van der Waals surface area contributed by atoms with Crippen molar-refractivity contribution in [2.24, 2.45) is 0 Å². The van der Waals surface area contributed by atoms with Gasteiger partial charge in [0.1, 0.15) is 11.5 Å². The standard InChI is InChI=1S/C13H9BrO3/c14-10-3-1-9(2-4-10)12-7-5-11(17-12)6-8-13(15)16/h1-8H,(H,15,16)/p-1/b8-6+. The van der Waals surface area contributed by atoms with Gasteiger partial charge in [-0.2, -0.15) is 0 Å². The smallest absolute Gasteiger partial charge is 0.134 e. The quantitative estimate of drug-likeness (QED) is 0.817. The SMILES string of the molecule is O=C([O-])/C=C/c1ccc(-c2ccc(Br)cc2)o1. The number of carboxylic acid groups (broad SMARTS) is 1. The Morgan fingerprint density at radius 2 is 1.88 bits per heavy atom. The van der Waals surface area contributed by atoms with Crippen LogP contribution in [-0.4, -0.2) is 5.97 Å². The number of hydrogen-bond acceptors (Lipinski definition) is 3. The van der Waals surface area contributed by atoms with E-state index in [-0.39, 0.29) is 0 Å². The molecule has 0 bridgehead atoms. The lowest BCUT2D eigenvalue weighted by Crippen LogP contribution is -2.18. The number of furan rings is 1. The van der Waals surface area contributed by atoms with Crippen molar-refractivity contribution in [1.29, 1.82) is 0 Å². The van der Waals surface area contributed by atoms with Gasteiger partial charge >= 0.3 is 0 Å². The van der Waals surface area contributed by atoms with E-state index in [9.17, 15) is 9.90 Å². The first-order valence-electron chi connectivity index (χ1n) is 4.90. The highest BCUT2D eigenvalue weighted by Crippen LogP contribution is 2.24. The number of carbonyl (C=O) groups excluding carboxylic acids is 1. The summed E-state index contributed by atoms with van der Waals surface area (Å²) in [6.45, 7) is 0. The normalized spacial score (nSPS) is 10.9. The number of aliphatic carboxylic acids is 1. The second-order valence-electron chi connectivity index (χ2n) is 3.36. The zero-order valence-electron chi connectivity index (χ0n) is 8.72. The molecule has 0 unspecified atom stereocenters. The molecule has 3 nitrogen and oxygen atoms in total. The van der Waals surface area contributed by atoms with E-state index in [2.05, 4.69) is 15.9 Å². The molecule has 1 aromatic heterocycles. The number of benzene rings is 1. The summed E-state index contributed by atoms with van der Waals surface area (Å²) in [6, 6.07) is 11.1. The van der Waals surface area contributed by atoms with Crippen LogP contribution in [0.25, 0.3) is 17.4 Å². The van der Waals surface area contributed by atoms with Crippen LogP contribution >= 0.6 is 15.9 Å². The topological polar surface area (TPSA) is 53.3 Å². The van der Waals surface area contributed by atoms with Crippen LogP contribution in [0.5, 0.6) is 0 Å². The molecule has 0 aliphatic rings. The number of carboxylic acids is 1. The van der Waals surface area contributed by atoms with Crippen LogP contribution in [0, 0.1) is 0 Å². The lowest BCUT2D eigenvalue weighted by atomic mass is 10.2. The summed E-state index contributed by atoms with van der Waals surface area (Å²) in [4.78, 5) is 10.2. The van der Waals surface area contributed by atoms with E-state index in [0.717, 1.165) is 16.1 Å². The maximum Gasteiger partial charge on any atom is 0.134 e. The van der Waals surface area contributed by atoms with E-state index < -0.39 is 5.97 Å². The molecular weight excluding hydrogens is 284 g/mol. The first-order chi connectivity index (χ1) is 8.15. The number of rotatable bonds is 3. The average Bonchev–Trinajstić information content (AvgIpc) is 2.76. The van der Waals surface area contributed by atoms with E-state index >= 15 is 0 Å². The number of halogens is 1. The fourth-order valence-electron chi connectivity index (χ4n) is 1.36. The Labute approximate surface area is 107 Å². The van der Waals surface area contributed by atoms with Gasteiger partial charge in [-0.1, -0.05) is 28.1 Å². The van der Waals surface area contributed by atoms with Gasteiger partial charge in [0.15, 0.2) is 0 Å². The minimum Gasteiger partial charge on any atom is -0.545 e. The molecule has 1 heterocycles. The average molecular weight is 292 g/mol. The minimum atomic E-state index is -1.24. The molecule has 0 amide bonds. The van der Waals surface area contributed by atoms with Gasteiger partial charge in [-0.05, 0) is 36.4 Å². The van der Waals surface area contributed by atoms with Crippen LogP contribution in [0.2, 0.25) is 0 Å². The Bertz CT molecular complexity index is 552. The molecule has 2 rings (SSSR count). The molecule has 17 heavy (non-hydrogen) atoms. The van der Waals surface area contributed by atoms with Gasteiger partial charge in [0.25, 0.3) is 0 Å². The van der Waals surface area contributed by atoms with Gasteiger partial charge in [-0.25, -0.2) is 0 Å². The van der Waals surface area contributed by atoms with Gasteiger partial charge in [-0.15, -0.1) is 0 Å². The predicted molar refractivity (Wildman–Crippen MR) is 65.9 cm³/mol. The van der Waals surface area contributed by atoms with Crippen LogP contribution in [0.3, 0.4) is 0 Å². The summed E-state index contributed by atoms with van der Waals surface area (Å²) in [5.41, 5.74) is 0.932. The number of carbonyl (C=O) groups is 1. The van der Waals surface area contributed by atoms with Crippen molar-refractivity contribution in [3.63, 3.8) is 0 Å². The predicted octanol–water partition coefficient (Wildman–Crippen LogP) is 2.47. The molecule has 0 radical (unpaired) electrons. The maximum atomic E-state index is 10.2. The van der Waals surface area contributed by atoms with E-state index in [1.807, 2.05) is 24.3 Å². The third-order valence-electron chi connectivity index (χ3n) is 2.14. The fraction of sp³-hybridized carbons (Fsp3) is 0. The molecular formula is C13H8BrO3-. The highest BCUT2D eigenvalue weighted by Gasteiger charge is 2.02. The zero-order chi connectivity index (χ0) is 12.3. The summed E-state index contributed by atoms with van der Waals surface area (Å²) in [6.07, 6.45) is 2.29. The highest BCUT2D eigenvalue weighted by atomic mass is 79.9. The van der Waals surface area contributed by atoms with Crippen LogP contribution < -0.4 is 5.11 Å². The van der Waals surface area contributed by atoms with Crippen LogP contribution in [-0.2, 0) is 4.79 Å². The molecule has 2 aromatic rings. The lowest BCUT2D eigenvalue weighted by Gasteiger charge is -1.96. The van der Waals surface area contributed by atoms with E-state index in [1.165, 1.54) is 6.08 Å². The summed E-state index contributed by atoms with van der Waals surface area (Å²) in [7, 11) is 0. The third-order valence-corrected chi connectivity index (χ3v) is 2.67. The molecule has 0 saturated carbocycles. The Morgan fingerprint density at radius 3 is 2.53 bits per heavy atom. The largest absolute Gasteiger partial charge is 0.545 e. The molecule has 0 aliphatic carbocycles. The Morgan fingerprint density at radius 1 is 1.18 bits per heavy atom. The molecule has 0 fully saturated rings. The van der Waals surface area contributed by atoms with Crippen molar-refractivity contribution in [3.05, 3.63) is 52.7 Å². The second kappa shape index (κ2) is 5.01. The molecule has 0 atom stereocenters. The van der Waals surface area contributed by atoms with E-state index in [0.29, 0.717) is 11.5 Å². The van der Waals surface area contributed by atoms with Crippen molar-refractivity contribution in [3.8, 4) is 11.3 Å². The van der Waals surface area contributed by atoms with Crippen molar-refractivity contribution in [1.82, 2.24) is 0 Å². The first kappa shape index (κ1) is 11.7. The monoisotopic (exact) mass is 291 g/mol. The second-order valence-corrected chi connectivity index (χ2v) is 4.28. The van der Waals surface area contributed by atoms with Crippen LogP contribution in [0.15, 0.2) is 51.4 Å². The van der Waals surface area contributed by atoms with Gasteiger partial charge in [0.05, 0.1) is 5.97 Å². The maximum absolute atomic E-state index is 10.2. The summed E-state index contributed by atoms with van der Waals surface area (Å²) < 4.78 is 6.46. The van der Waals surface area contributed by atoms with Crippen LogP contribution in [0.1, 0.15) is 5.76 Å². The van der Waals surface area contributed by atoms with E-state index in [4.69, 9.17) is 4.42 Å². The molecule has 0 N–H and O–H groups in total. The van der Waals surface area contributed by atoms with E-state index in [1.54, 1.807) is 12.1 Å².